The maximum absolute atomic E-state index is 13.5. The number of fused-ring (bicyclic) bond motifs is 1. The lowest BCUT2D eigenvalue weighted by Crippen LogP contribution is -2.11. The smallest absolute Gasteiger partial charge is 0.185 e. The van der Waals surface area contributed by atoms with Crippen LogP contribution in [-0.2, 0) is 6.54 Å². The number of rotatable bonds is 6. The average molecular weight is 460 g/mol. The number of hydrogen-bond acceptors (Lipinski definition) is 3. The standard InChI is InChI=1S/C28H23ClFNO2/c1-31(2)17-22-15-21(7-12-28(22)33)27(32)11-3-18-13-20-4-8-23(29)16-26(20)25(14-18)19-5-9-24(30)10-6-19/h3-16,33H,17H2,1-2H3/b11-3+. The third kappa shape index (κ3) is 5.30. The molecule has 0 unspecified atom stereocenters. The van der Waals surface area contributed by atoms with Gasteiger partial charge in [0.1, 0.15) is 11.6 Å². The molecule has 0 atom stereocenters. The van der Waals surface area contributed by atoms with Gasteiger partial charge < -0.3 is 10.0 Å². The van der Waals surface area contributed by atoms with Gasteiger partial charge in [-0.3, -0.25) is 4.79 Å². The number of aromatic hydroxyl groups is 1. The molecule has 0 spiro atoms. The maximum Gasteiger partial charge on any atom is 0.185 e. The lowest BCUT2D eigenvalue weighted by molar-refractivity contribution is 0.104. The monoisotopic (exact) mass is 459 g/mol. The first-order valence-electron chi connectivity index (χ1n) is 10.5. The first-order valence-corrected chi connectivity index (χ1v) is 10.9. The summed E-state index contributed by atoms with van der Waals surface area (Å²) >= 11 is 6.23. The summed E-state index contributed by atoms with van der Waals surface area (Å²) in [6.07, 6.45) is 3.29. The molecule has 0 heterocycles. The molecule has 0 radical (unpaired) electrons. The summed E-state index contributed by atoms with van der Waals surface area (Å²) in [7, 11) is 3.80. The van der Waals surface area contributed by atoms with Gasteiger partial charge in [0.05, 0.1) is 0 Å². The van der Waals surface area contributed by atoms with E-state index in [4.69, 9.17) is 11.6 Å². The van der Waals surface area contributed by atoms with E-state index in [1.807, 2.05) is 49.3 Å². The van der Waals surface area contributed by atoms with Crippen LogP contribution in [0, 0.1) is 5.82 Å². The summed E-state index contributed by atoms with van der Waals surface area (Å²) in [6.45, 7) is 0.533. The number of hydrogen-bond donors (Lipinski definition) is 1. The van der Waals surface area contributed by atoms with Gasteiger partial charge in [0.15, 0.2) is 5.78 Å². The Morgan fingerprint density at radius 2 is 1.76 bits per heavy atom. The number of carbonyl (C=O) groups excluding carboxylic acids is 1. The van der Waals surface area contributed by atoms with E-state index >= 15 is 0 Å². The van der Waals surface area contributed by atoms with E-state index in [-0.39, 0.29) is 17.3 Å². The summed E-state index contributed by atoms with van der Waals surface area (Å²) in [5.74, 6) is -0.291. The minimum Gasteiger partial charge on any atom is -0.508 e. The number of phenolic OH excluding ortho intramolecular Hbond substituents is 1. The van der Waals surface area contributed by atoms with Crippen molar-refractivity contribution >= 4 is 34.2 Å². The highest BCUT2D eigenvalue weighted by molar-refractivity contribution is 6.31. The summed E-state index contributed by atoms with van der Waals surface area (Å²) in [5, 5.41) is 12.6. The van der Waals surface area contributed by atoms with E-state index in [1.165, 1.54) is 18.2 Å². The fraction of sp³-hybridized carbons (Fsp3) is 0.107. The molecular formula is C28H23ClFNO2. The SMILES string of the molecule is CN(C)Cc1cc(C(=O)/C=C/c2cc(-c3ccc(F)cc3)c3cc(Cl)ccc3c2)ccc1O. The molecule has 0 saturated carbocycles. The van der Waals surface area contributed by atoms with Gasteiger partial charge in [-0.05, 0) is 102 Å². The molecule has 0 saturated heterocycles. The second-order valence-corrected chi connectivity index (χ2v) is 8.66. The zero-order valence-corrected chi connectivity index (χ0v) is 19.1. The fourth-order valence-electron chi connectivity index (χ4n) is 3.79. The minimum atomic E-state index is -0.301. The topological polar surface area (TPSA) is 40.5 Å². The van der Waals surface area contributed by atoms with E-state index in [0.717, 1.165) is 27.5 Å². The van der Waals surface area contributed by atoms with Crippen LogP contribution in [0.5, 0.6) is 5.75 Å². The number of ketones is 1. The molecule has 0 aliphatic carbocycles. The third-order valence-corrected chi connectivity index (χ3v) is 5.61. The third-order valence-electron chi connectivity index (χ3n) is 5.37. The van der Waals surface area contributed by atoms with Crippen LogP contribution < -0.4 is 0 Å². The first-order chi connectivity index (χ1) is 15.8. The van der Waals surface area contributed by atoms with Crippen molar-refractivity contribution in [3.8, 4) is 16.9 Å². The van der Waals surface area contributed by atoms with Crippen LogP contribution in [0.3, 0.4) is 0 Å². The van der Waals surface area contributed by atoms with Crippen molar-refractivity contribution in [2.75, 3.05) is 14.1 Å². The molecule has 33 heavy (non-hydrogen) atoms. The van der Waals surface area contributed by atoms with Crippen molar-refractivity contribution in [2.24, 2.45) is 0 Å². The quantitative estimate of drug-likeness (QED) is 0.250. The van der Waals surface area contributed by atoms with Crippen molar-refractivity contribution in [1.29, 1.82) is 0 Å². The van der Waals surface area contributed by atoms with Gasteiger partial charge in [0.2, 0.25) is 0 Å². The molecule has 0 amide bonds. The van der Waals surface area contributed by atoms with Crippen molar-refractivity contribution < 1.29 is 14.3 Å². The van der Waals surface area contributed by atoms with Crippen LogP contribution in [0.25, 0.3) is 28.0 Å². The Hall–Kier alpha value is -3.47. The second kappa shape index (κ2) is 9.57. The normalized spacial score (nSPS) is 11.5. The lowest BCUT2D eigenvalue weighted by Gasteiger charge is -2.12. The maximum atomic E-state index is 13.5. The predicted molar refractivity (Wildman–Crippen MR) is 133 cm³/mol. The van der Waals surface area contributed by atoms with Crippen LogP contribution in [0.4, 0.5) is 4.39 Å². The van der Waals surface area contributed by atoms with Crippen LogP contribution in [0.2, 0.25) is 5.02 Å². The van der Waals surface area contributed by atoms with Crippen LogP contribution >= 0.6 is 11.6 Å². The van der Waals surface area contributed by atoms with E-state index in [0.29, 0.717) is 22.7 Å². The molecule has 0 fully saturated rings. The van der Waals surface area contributed by atoms with Crippen molar-refractivity contribution in [3.63, 3.8) is 0 Å². The molecule has 5 heteroatoms. The van der Waals surface area contributed by atoms with Crippen molar-refractivity contribution in [1.82, 2.24) is 4.90 Å². The number of allylic oxidation sites excluding steroid dienone is 1. The Balaban J connectivity index is 1.71. The molecule has 4 aromatic rings. The largest absolute Gasteiger partial charge is 0.508 e. The Kier molecular flexibility index (Phi) is 6.59. The van der Waals surface area contributed by atoms with E-state index < -0.39 is 0 Å². The Labute approximate surface area is 197 Å². The minimum absolute atomic E-state index is 0.158. The zero-order valence-electron chi connectivity index (χ0n) is 18.3. The van der Waals surface area contributed by atoms with Crippen molar-refractivity contribution in [3.05, 3.63) is 106 Å². The van der Waals surface area contributed by atoms with Crippen LogP contribution in [0.1, 0.15) is 21.5 Å². The van der Waals surface area contributed by atoms with Crippen LogP contribution in [-0.4, -0.2) is 29.9 Å². The average Bonchev–Trinajstić information content (AvgIpc) is 2.79. The number of phenols is 1. The molecule has 4 rings (SSSR count). The second-order valence-electron chi connectivity index (χ2n) is 8.22. The molecule has 0 aromatic heterocycles. The van der Waals surface area contributed by atoms with Gasteiger partial charge in [0, 0.05) is 22.7 Å². The van der Waals surface area contributed by atoms with E-state index in [1.54, 1.807) is 36.4 Å². The molecule has 0 aliphatic heterocycles. The van der Waals surface area contributed by atoms with Gasteiger partial charge in [0.25, 0.3) is 0 Å². The van der Waals surface area contributed by atoms with Gasteiger partial charge in [-0.25, -0.2) is 4.39 Å². The molecule has 0 aliphatic rings. The Morgan fingerprint density at radius 1 is 1.00 bits per heavy atom. The first kappa shape index (κ1) is 22.7. The number of benzene rings is 4. The van der Waals surface area contributed by atoms with Gasteiger partial charge >= 0.3 is 0 Å². The Morgan fingerprint density at radius 3 is 2.48 bits per heavy atom. The molecule has 4 aromatic carbocycles. The Bertz CT molecular complexity index is 1360. The lowest BCUT2D eigenvalue weighted by atomic mass is 9.95. The highest BCUT2D eigenvalue weighted by atomic mass is 35.5. The van der Waals surface area contributed by atoms with E-state index in [9.17, 15) is 14.3 Å². The molecule has 0 bridgehead atoms. The predicted octanol–water partition coefficient (Wildman–Crippen LogP) is 6.96. The summed E-state index contributed by atoms with van der Waals surface area (Å²) < 4.78 is 13.5. The highest BCUT2D eigenvalue weighted by Crippen LogP contribution is 2.33. The molecule has 166 valence electrons. The molecule has 1 N–H and O–H groups in total. The van der Waals surface area contributed by atoms with E-state index in [2.05, 4.69) is 0 Å². The van der Waals surface area contributed by atoms with Gasteiger partial charge in [-0.2, -0.15) is 0 Å². The summed E-state index contributed by atoms with van der Waals surface area (Å²) in [4.78, 5) is 14.8. The number of nitrogens with zero attached hydrogens (tertiary/aromatic N) is 1. The summed E-state index contributed by atoms with van der Waals surface area (Å²) in [5.41, 5.74) is 3.80. The van der Waals surface area contributed by atoms with Gasteiger partial charge in [-0.1, -0.05) is 35.9 Å². The van der Waals surface area contributed by atoms with Gasteiger partial charge in [-0.15, -0.1) is 0 Å². The fourth-order valence-corrected chi connectivity index (χ4v) is 3.96. The summed E-state index contributed by atoms with van der Waals surface area (Å²) in [6, 6.07) is 20.8. The number of carbonyl (C=O) groups is 1. The van der Waals surface area contributed by atoms with Crippen LogP contribution in [0.15, 0.2) is 78.9 Å². The molecular weight excluding hydrogens is 437 g/mol. The zero-order chi connectivity index (χ0) is 23.5. The molecule has 3 nitrogen and oxygen atoms in total. The highest BCUT2D eigenvalue weighted by Gasteiger charge is 2.10. The van der Waals surface area contributed by atoms with Crippen molar-refractivity contribution in [2.45, 2.75) is 6.54 Å². The number of halogens is 2.